The molecule has 0 saturated carbocycles. The van der Waals surface area contributed by atoms with Gasteiger partial charge in [0.05, 0.1) is 5.69 Å². The van der Waals surface area contributed by atoms with E-state index in [4.69, 9.17) is 4.98 Å². The fourth-order valence-electron chi connectivity index (χ4n) is 4.67. The number of anilines is 2. The van der Waals surface area contributed by atoms with Crippen LogP contribution in [-0.4, -0.2) is 30.9 Å². The number of nitrogens with zero attached hydrogens (tertiary/aromatic N) is 5. The van der Waals surface area contributed by atoms with Crippen molar-refractivity contribution in [3.8, 4) is 5.69 Å². The monoisotopic (exact) mass is 489 g/mol. The summed E-state index contributed by atoms with van der Waals surface area (Å²) in [6.07, 6.45) is 5.06. The molecule has 0 amide bonds. The first kappa shape index (κ1) is 24.1. The Morgan fingerprint density at radius 2 is 1.97 bits per heavy atom. The summed E-state index contributed by atoms with van der Waals surface area (Å²) in [5.41, 5.74) is 4.15. The number of pyridine rings is 1. The van der Waals surface area contributed by atoms with Gasteiger partial charge >= 0.3 is 0 Å². The van der Waals surface area contributed by atoms with E-state index in [2.05, 4.69) is 41.4 Å². The highest BCUT2D eigenvalue weighted by atomic mass is 19.1. The third kappa shape index (κ3) is 4.39. The first-order chi connectivity index (χ1) is 17.1. The zero-order valence-corrected chi connectivity index (χ0v) is 21.4. The molecule has 1 aliphatic rings. The minimum Gasteiger partial charge on any atom is -0.324 e. The third-order valence-electron chi connectivity index (χ3n) is 6.51. The Morgan fingerprint density at radius 1 is 1.17 bits per heavy atom. The number of aromatic nitrogens is 5. The van der Waals surface area contributed by atoms with Crippen LogP contribution in [0.3, 0.4) is 0 Å². The average Bonchev–Trinajstić information content (AvgIpc) is 2.95. The Balaban J connectivity index is 1.63. The van der Waals surface area contributed by atoms with Crippen molar-refractivity contribution in [3.05, 3.63) is 69.7 Å². The lowest BCUT2D eigenvalue weighted by Gasteiger charge is -2.20. The van der Waals surface area contributed by atoms with Gasteiger partial charge in [-0.15, -0.1) is 0 Å². The normalized spacial score (nSPS) is 14.2. The number of hydrogen-bond acceptors (Lipinski definition) is 6. The highest BCUT2D eigenvalue weighted by molar-refractivity contribution is 5.77. The number of nitrogens with one attached hydrogen (secondary N) is 2. The van der Waals surface area contributed by atoms with E-state index in [-0.39, 0.29) is 22.8 Å². The second-order valence-corrected chi connectivity index (χ2v) is 10.6. The van der Waals surface area contributed by atoms with Gasteiger partial charge in [-0.2, -0.15) is 4.98 Å². The molecule has 0 atom stereocenters. The zero-order chi connectivity index (χ0) is 25.6. The van der Waals surface area contributed by atoms with Crippen molar-refractivity contribution in [2.24, 2.45) is 0 Å². The number of rotatable bonds is 4. The Hall–Kier alpha value is -3.59. The fourth-order valence-corrected chi connectivity index (χ4v) is 4.67. The minimum atomic E-state index is -0.250. The fraction of sp³-hybridized carbons (Fsp3) is 0.407. The molecule has 0 radical (unpaired) electrons. The molecule has 4 aromatic rings. The molecule has 8 nitrogen and oxygen atoms in total. The highest BCUT2D eigenvalue weighted by Gasteiger charge is 2.22. The Bertz CT molecular complexity index is 1500. The van der Waals surface area contributed by atoms with Crippen LogP contribution < -0.4 is 16.2 Å². The molecule has 4 heterocycles. The molecule has 188 valence electrons. The van der Waals surface area contributed by atoms with Gasteiger partial charge in [0.1, 0.15) is 11.2 Å². The molecule has 0 fully saturated rings. The molecule has 5 rings (SSSR count). The number of halogens is 1. The molecule has 0 bridgehead atoms. The molecular formula is C27H32FN7O. The van der Waals surface area contributed by atoms with Crippen molar-refractivity contribution in [1.29, 1.82) is 0 Å². The van der Waals surface area contributed by atoms with Gasteiger partial charge in [0.2, 0.25) is 5.95 Å². The molecule has 9 heteroatoms. The van der Waals surface area contributed by atoms with E-state index >= 15 is 0 Å². The van der Waals surface area contributed by atoms with Gasteiger partial charge in [-0.25, -0.2) is 18.7 Å². The molecule has 36 heavy (non-hydrogen) atoms. The van der Waals surface area contributed by atoms with Gasteiger partial charge in [-0.1, -0.05) is 20.8 Å². The van der Waals surface area contributed by atoms with E-state index < -0.39 is 0 Å². The Labute approximate surface area is 209 Å². The lowest BCUT2D eigenvalue weighted by molar-refractivity contribution is 0.474. The molecule has 3 aromatic heterocycles. The summed E-state index contributed by atoms with van der Waals surface area (Å²) in [5.74, 6) is 0.0493. The summed E-state index contributed by atoms with van der Waals surface area (Å²) >= 11 is 0. The number of hydrogen-bond donors (Lipinski definition) is 2. The van der Waals surface area contributed by atoms with Crippen LogP contribution in [0.5, 0.6) is 0 Å². The predicted molar refractivity (Wildman–Crippen MR) is 140 cm³/mol. The summed E-state index contributed by atoms with van der Waals surface area (Å²) in [7, 11) is 0. The van der Waals surface area contributed by atoms with Crippen LogP contribution in [0.1, 0.15) is 63.9 Å². The number of benzene rings is 1. The molecular weight excluding hydrogens is 457 g/mol. The van der Waals surface area contributed by atoms with E-state index in [1.54, 1.807) is 10.9 Å². The molecule has 0 unspecified atom stereocenters. The van der Waals surface area contributed by atoms with Crippen LogP contribution in [-0.2, 0) is 18.4 Å². The maximum atomic E-state index is 14.9. The van der Waals surface area contributed by atoms with E-state index in [0.717, 1.165) is 36.3 Å². The van der Waals surface area contributed by atoms with E-state index in [1.165, 1.54) is 12.3 Å². The molecule has 0 saturated heterocycles. The van der Waals surface area contributed by atoms with Gasteiger partial charge in [-0.05, 0) is 63.1 Å². The first-order valence-electron chi connectivity index (χ1n) is 12.4. The largest absolute Gasteiger partial charge is 0.324 e. The smallest absolute Gasteiger partial charge is 0.278 e. The van der Waals surface area contributed by atoms with Crippen LogP contribution in [0.15, 0.2) is 41.5 Å². The van der Waals surface area contributed by atoms with Crippen molar-refractivity contribution in [1.82, 2.24) is 29.6 Å². The standard InChI is InChI=1S/C27H32FN7O/c1-16(2)34-25(36)21-15-31-26(32-18-11-17-7-6-9-29-14-20(17)22(28)12-18)33-24(21)35(34)19-8-10-30-23(13-19)27(3,4)5/h8,10-13,15-16,29H,6-7,9,14H2,1-5H3,(H,31,32,33). The summed E-state index contributed by atoms with van der Waals surface area (Å²) in [6, 6.07) is 7.19. The molecule has 2 N–H and O–H groups in total. The topological polar surface area (TPSA) is 89.7 Å². The lowest BCUT2D eigenvalue weighted by atomic mass is 9.91. The predicted octanol–water partition coefficient (Wildman–Crippen LogP) is 4.77. The van der Waals surface area contributed by atoms with Crippen molar-refractivity contribution in [2.45, 2.75) is 65.5 Å². The average molecular weight is 490 g/mol. The Kier molecular flexibility index (Phi) is 6.12. The molecule has 1 aromatic carbocycles. The SMILES string of the molecule is CC(C)n1c(=O)c2cnc(Nc3cc(F)c4c(c3)CCCNC4)nc2n1-c1ccnc(C(C)(C)C)c1. The highest BCUT2D eigenvalue weighted by Crippen LogP contribution is 2.27. The molecule has 1 aliphatic heterocycles. The van der Waals surface area contributed by atoms with Crippen molar-refractivity contribution in [2.75, 3.05) is 11.9 Å². The van der Waals surface area contributed by atoms with Gasteiger partial charge < -0.3 is 10.6 Å². The second kappa shape index (κ2) is 9.13. The van der Waals surface area contributed by atoms with E-state index in [9.17, 15) is 9.18 Å². The molecule has 0 spiro atoms. The van der Waals surface area contributed by atoms with Gasteiger partial charge in [0.25, 0.3) is 5.56 Å². The van der Waals surface area contributed by atoms with E-state index in [1.807, 2.05) is 36.7 Å². The van der Waals surface area contributed by atoms with E-state index in [0.29, 0.717) is 34.8 Å². The lowest BCUT2D eigenvalue weighted by Crippen LogP contribution is -2.24. The number of aryl methyl sites for hydroxylation is 1. The van der Waals surface area contributed by atoms with Crippen molar-refractivity contribution < 1.29 is 4.39 Å². The van der Waals surface area contributed by atoms with Crippen LogP contribution >= 0.6 is 0 Å². The molecule has 0 aliphatic carbocycles. The summed E-state index contributed by atoms with van der Waals surface area (Å²) in [4.78, 5) is 27.0. The van der Waals surface area contributed by atoms with Gasteiger partial charge in [0.15, 0.2) is 5.65 Å². The van der Waals surface area contributed by atoms with Crippen molar-refractivity contribution >= 4 is 22.7 Å². The van der Waals surface area contributed by atoms with Crippen LogP contribution in [0.4, 0.5) is 16.0 Å². The zero-order valence-electron chi connectivity index (χ0n) is 21.4. The first-order valence-corrected chi connectivity index (χ1v) is 12.4. The third-order valence-corrected chi connectivity index (χ3v) is 6.51. The Morgan fingerprint density at radius 3 is 2.72 bits per heavy atom. The summed E-state index contributed by atoms with van der Waals surface area (Å²) in [6.45, 7) is 11.6. The maximum Gasteiger partial charge on any atom is 0.278 e. The van der Waals surface area contributed by atoms with Crippen LogP contribution in [0, 0.1) is 5.82 Å². The number of fused-ring (bicyclic) bond motifs is 2. The van der Waals surface area contributed by atoms with Crippen LogP contribution in [0.2, 0.25) is 0 Å². The van der Waals surface area contributed by atoms with Gasteiger partial charge in [0, 0.05) is 47.3 Å². The second-order valence-electron chi connectivity index (χ2n) is 10.6. The summed E-state index contributed by atoms with van der Waals surface area (Å²) < 4.78 is 18.4. The minimum absolute atomic E-state index is 0.110. The maximum absolute atomic E-state index is 14.9. The quantitative estimate of drug-likeness (QED) is 0.429. The van der Waals surface area contributed by atoms with Crippen molar-refractivity contribution in [3.63, 3.8) is 0 Å². The van der Waals surface area contributed by atoms with Gasteiger partial charge in [-0.3, -0.25) is 9.78 Å². The van der Waals surface area contributed by atoms with Crippen LogP contribution in [0.25, 0.3) is 16.7 Å². The summed E-state index contributed by atoms with van der Waals surface area (Å²) in [5, 5.41) is 6.84.